The number of nitrogens with zero attached hydrogens (tertiary/aromatic N) is 2. The normalized spacial score (nSPS) is 18.5. The summed E-state index contributed by atoms with van der Waals surface area (Å²) >= 11 is 0. The third-order valence-electron chi connectivity index (χ3n) is 4.50. The van der Waals surface area contributed by atoms with Crippen molar-refractivity contribution in [2.75, 3.05) is 0 Å². The summed E-state index contributed by atoms with van der Waals surface area (Å²) in [6, 6.07) is 2.40. The zero-order valence-corrected chi connectivity index (χ0v) is 12.1. The van der Waals surface area contributed by atoms with Crippen LogP contribution in [-0.2, 0) is 11.2 Å². The molecule has 0 bridgehead atoms. The molecule has 1 aromatic heterocycles. The minimum Gasteiger partial charge on any atom is -0.481 e. The summed E-state index contributed by atoms with van der Waals surface area (Å²) in [5.74, 6) is -0.365. The highest BCUT2D eigenvalue weighted by Crippen LogP contribution is 2.47. The van der Waals surface area contributed by atoms with Gasteiger partial charge in [0.2, 0.25) is 0 Å². The van der Waals surface area contributed by atoms with Crippen LogP contribution in [0, 0.1) is 11.3 Å². The number of carboxylic acid groups (broad SMARTS) is 1. The Kier molecular flexibility index (Phi) is 3.97. The second kappa shape index (κ2) is 5.35. The highest BCUT2D eigenvalue weighted by Gasteiger charge is 2.47. The highest BCUT2D eigenvalue weighted by molar-refractivity contribution is 5.75. The van der Waals surface area contributed by atoms with E-state index in [1.807, 2.05) is 23.9 Å². The first-order chi connectivity index (χ1) is 9.01. The van der Waals surface area contributed by atoms with Crippen molar-refractivity contribution in [3.63, 3.8) is 0 Å². The summed E-state index contributed by atoms with van der Waals surface area (Å²) in [4.78, 5) is 11.5. The van der Waals surface area contributed by atoms with Gasteiger partial charge < -0.3 is 5.11 Å². The van der Waals surface area contributed by atoms with Crippen molar-refractivity contribution in [1.82, 2.24) is 9.78 Å². The van der Waals surface area contributed by atoms with Gasteiger partial charge in [0.1, 0.15) is 0 Å². The second-order valence-corrected chi connectivity index (χ2v) is 5.93. The Bertz CT molecular complexity index is 447. The fourth-order valence-corrected chi connectivity index (χ4v) is 2.83. The van der Waals surface area contributed by atoms with E-state index in [9.17, 15) is 9.90 Å². The van der Waals surface area contributed by atoms with Crippen LogP contribution in [-0.4, -0.2) is 20.9 Å². The fourth-order valence-electron chi connectivity index (χ4n) is 2.83. The quantitative estimate of drug-likeness (QED) is 0.822. The maximum atomic E-state index is 11.5. The number of aromatic nitrogens is 2. The molecule has 1 fully saturated rings. The van der Waals surface area contributed by atoms with Crippen LogP contribution in [0.5, 0.6) is 0 Å². The van der Waals surface area contributed by atoms with E-state index in [-0.39, 0.29) is 0 Å². The topological polar surface area (TPSA) is 55.1 Å². The molecule has 1 aromatic rings. The molecule has 4 heteroatoms. The van der Waals surface area contributed by atoms with Crippen LogP contribution in [0.15, 0.2) is 12.3 Å². The van der Waals surface area contributed by atoms with Crippen molar-refractivity contribution >= 4 is 5.97 Å². The second-order valence-electron chi connectivity index (χ2n) is 5.93. The maximum absolute atomic E-state index is 11.5. The van der Waals surface area contributed by atoms with Crippen LogP contribution < -0.4 is 0 Å². The molecule has 1 aliphatic carbocycles. The predicted molar refractivity (Wildman–Crippen MR) is 74.0 cm³/mol. The first kappa shape index (κ1) is 14.1. The number of aliphatic carboxylic acids is 1. The first-order valence-electron chi connectivity index (χ1n) is 7.28. The monoisotopic (exact) mass is 264 g/mol. The molecule has 0 saturated heterocycles. The third kappa shape index (κ3) is 2.82. The molecular weight excluding hydrogens is 240 g/mol. The van der Waals surface area contributed by atoms with Crippen LogP contribution in [0.3, 0.4) is 0 Å². The summed E-state index contributed by atoms with van der Waals surface area (Å²) in [6.07, 6.45) is 6.71. The molecule has 1 unspecified atom stereocenters. The Hall–Kier alpha value is -1.32. The largest absolute Gasteiger partial charge is 0.481 e. The molecule has 0 amide bonds. The molecule has 0 spiro atoms. The van der Waals surface area contributed by atoms with E-state index >= 15 is 0 Å². The van der Waals surface area contributed by atoms with Crippen molar-refractivity contribution in [3.8, 4) is 0 Å². The molecule has 0 radical (unpaired) electrons. The highest BCUT2D eigenvalue weighted by atomic mass is 16.4. The number of rotatable bonds is 7. The van der Waals surface area contributed by atoms with Crippen molar-refractivity contribution < 1.29 is 9.90 Å². The lowest BCUT2D eigenvalue weighted by molar-refractivity contribution is -0.149. The zero-order valence-electron chi connectivity index (χ0n) is 12.1. The molecular formula is C15H24N2O2. The molecule has 1 heterocycles. The van der Waals surface area contributed by atoms with E-state index in [1.54, 1.807) is 0 Å². The molecule has 1 atom stereocenters. The molecule has 1 saturated carbocycles. The minimum atomic E-state index is -0.688. The van der Waals surface area contributed by atoms with Crippen LogP contribution in [0.4, 0.5) is 0 Å². The predicted octanol–water partition coefficient (Wildman–Crippen LogP) is 3.29. The lowest BCUT2D eigenvalue weighted by Gasteiger charge is -2.23. The summed E-state index contributed by atoms with van der Waals surface area (Å²) < 4.78 is 1.99. The van der Waals surface area contributed by atoms with E-state index in [4.69, 9.17) is 0 Å². The first-order valence-corrected chi connectivity index (χ1v) is 7.28. The summed E-state index contributed by atoms with van der Waals surface area (Å²) in [5.41, 5.74) is 0.260. The Morgan fingerprint density at radius 3 is 2.63 bits per heavy atom. The van der Waals surface area contributed by atoms with Gasteiger partial charge in [-0.15, -0.1) is 0 Å². The number of hydrogen-bond donors (Lipinski definition) is 1. The van der Waals surface area contributed by atoms with Crippen molar-refractivity contribution in [2.24, 2.45) is 11.3 Å². The minimum absolute atomic E-state index is 0.322. The van der Waals surface area contributed by atoms with Gasteiger partial charge in [-0.3, -0.25) is 9.48 Å². The summed E-state index contributed by atoms with van der Waals surface area (Å²) in [5, 5.41) is 14.1. The molecule has 106 valence electrons. The lowest BCUT2D eigenvalue weighted by atomic mass is 9.80. The Balaban J connectivity index is 2.12. The van der Waals surface area contributed by atoms with Gasteiger partial charge in [-0.2, -0.15) is 5.10 Å². The SMILES string of the molecule is CCC(CC)n1ccc(CC(C)(C(=O)O)C2CC2)n1. The van der Waals surface area contributed by atoms with E-state index in [2.05, 4.69) is 18.9 Å². The van der Waals surface area contributed by atoms with Gasteiger partial charge >= 0.3 is 5.97 Å². The van der Waals surface area contributed by atoms with Crippen molar-refractivity contribution in [3.05, 3.63) is 18.0 Å². The lowest BCUT2D eigenvalue weighted by Crippen LogP contribution is -2.32. The van der Waals surface area contributed by atoms with Gasteiger partial charge in [0.25, 0.3) is 0 Å². The maximum Gasteiger partial charge on any atom is 0.310 e. The summed E-state index contributed by atoms with van der Waals surface area (Å²) in [7, 11) is 0. The molecule has 1 aliphatic rings. The van der Waals surface area contributed by atoms with Gasteiger partial charge in [0.15, 0.2) is 0 Å². The third-order valence-corrected chi connectivity index (χ3v) is 4.50. The van der Waals surface area contributed by atoms with Crippen molar-refractivity contribution in [2.45, 2.75) is 58.9 Å². The van der Waals surface area contributed by atoms with E-state index in [0.717, 1.165) is 31.4 Å². The van der Waals surface area contributed by atoms with Crippen LogP contribution in [0.2, 0.25) is 0 Å². The van der Waals surface area contributed by atoms with E-state index < -0.39 is 11.4 Å². The van der Waals surface area contributed by atoms with Crippen molar-refractivity contribution in [1.29, 1.82) is 0 Å². The van der Waals surface area contributed by atoms with E-state index in [0.29, 0.717) is 18.4 Å². The average molecular weight is 264 g/mol. The molecule has 19 heavy (non-hydrogen) atoms. The van der Waals surface area contributed by atoms with Crippen LogP contribution in [0.1, 0.15) is 58.2 Å². The van der Waals surface area contributed by atoms with Gasteiger partial charge in [-0.05, 0) is 44.6 Å². The molecule has 2 rings (SSSR count). The van der Waals surface area contributed by atoms with E-state index in [1.165, 1.54) is 0 Å². The molecule has 4 nitrogen and oxygen atoms in total. The molecule has 0 aliphatic heterocycles. The Labute approximate surface area is 114 Å². The average Bonchev–Trinajstić information content (AvgIpc) is 3.14. The molecule has 0 aromatic carbocycles. The zero-order chi connectivity index (χ0) is 14.0. The smallest absolute Gasteiger partial charge is 0.310 e. The van der Waals surface area contributed by atoms with Crippen LogP contribution >= 0.6 is 0 Å². The van der Waals surface area contributed by atoms with Crippen LogP contribution in [0.25, 0.3) is 0 Å². The fraction of sp³-hybridized carbons (Fsp3) is 0.733. The van der Waals surface area contributed by atoms with Gasteiger partial charge in [-0.1, -0.05) is 13.8 Å². The number of carboxylic acids is 1. The van der Waals surface area contributed by atoms with Gasteiger partial charge in [0.05, 0.1) is 17.2 Å². The number of carbonyl (C=O) groups is 1. The molecule has 1 N–H and O–H groups in total. The Morgan fingerprint density at radius 1 is 1.53 bits per heavy atom. The Morgan fingerprint density at radius 2 is 2.16 bits per heavy atom. The summed E-state index contributed by atoms with van der Waals surface area (Å²) in [6.45, 7) is 6.17. The standard InChI is InChI=1S/C15H24N2O2/c1-4-13(5-2)17-9-8-12(16-17)10-15(3,14(18)19)11-6-7-11/h8-9,11,13H,4-7,10H2,1-3H3,(H,18,19). The number of hydrogen-bond acceptors (Lipinski definition) is 2. The van der Waals surface area contributed by atoms with Gasteiger partial charge in [0, 0.05) is 12.6 Å². The van der Waals surface area contributed by atoms with Gasteiger partial charge in [-0.25, -0.2) is 0 Å².